The molecule has 0 heterocycles. The van der Waals surface area contributed by atoms with Crippen LogP contribution in [0, 0.1) is 11.7 Å². The van der Waals surface area contributed by atoms with Crippen molar-refractivity contribution in [1.82, 2.24) is 5.32 Å². The van der Waals surface area contributed by atoms with E-state index >= 15 is 0 Å². The molecule has 4 nitrogen and oxygen atoms in total. The molecule has 0 aliphatic heterocycles. The van der Waals surface area contributed by atoms with E-state index in [-0.39, 0.29) is 11.7 Å². The second-order valence-electron chi connectivity index (χ2n) is 6.18. The van der Waals surface area contributed by atoms with Crippen molar-refractivity contribution < 1.29 is 18.7 Å². The molecule has 0 saturated carbocycles. The Labute approximate surface area is 152 Å². The largest absolute Gasteiger partial charge is 0.467 e. The minimum atomic E-state index is -1.30. The molecule has 5 heteroatoms. The first-order valence-electron chi connectivity index (χ1n) is 8.27. The molecule has 136 valence electrons. The molecule has 2 rings (SSSR count). The summed E-state index contributed by atoms with van der Waals surface area (Å²) in [5.74, 6) is -1.76. The summed E-state index contributed by atoms with van der Waals surface area (Å²) in [6.07, 6.45) is 3.27. The van der Waals surface area contributed by atoms with Gasteiger partial charge in [0.05, 0.1) is 7.11 Å². The van der Waals surface area contributed by atoms with Crippen LogP contribution >= 0.6 is 0 Å². The Bertz CT molecular complexity index is 804. The van der Waals surface area contributed by atoms with Crippen molar-refractivity contribution in [2.75, 3.05) is 7.11 Å². The van der Waals surface area contributed by atoms with Gasteiger partial charge in [-0.15, -0.1) is 0 Å². The van der Waals surface area contributed by atoms with Crippen molar-refractivity contribution in [3.8, 4) is 0 Å². The molecule has 1 N–H and O–H groups in total. The third-order valence-electron chi connectivity index (χ3n) is 4.40. The summed E-state index contributed by atoms with van der Waals surface area (Å²) in [6, 6.07) is 14.9. The number of amides is 1. The van der Waals surface area contributed by atoms with Gasteiger partial charge in [0.15, 0.2) is 0 Å². The SMILES string of the molecule is COC(=O)[C@](C)(NC(=O)c1ccccc1)[C@@H](C)/C=C/c1ccccc1F. The first-order chi connectivity index (χ1) is 12.4. The van der Waals surface area contributed by atoms with E-state index < -0.39 is 17.4 Å². The molecule has 2 atom stereocenters. The van der Waals surface area contributed by atoms with Crippen LogP contribution in [0.2, 0.25) is 0 Å². The maximum atomic E-state index is 13.8. The lowest BCUT2D eigenvalue weighted by molar-refractivity contribution is -0.148. The number of carbonyl (C=O) groups is 2. The summed E-state index contributed by atoms with van der Waals surface area (Å²) in [7, 11) is 1.27. The van der Waals surface area contributed by atoms with Crippen LogP contribution in [0.15, 0.2) is 60.7 Å². The molecule has 0 radical (unpaired) electrons. The summed E-state index contributed by atoms with van der Waals surface area (Å²) in [4.78, 5) is 24.9. The van der Waals surface area contributed by atoms with Gasteiger partial charge in [0, 0.05) is 17.0 Å². The van der Waals surface area contributed by atoms with Gasteiger partial charge in [0.2, 0.25) is 0 Å². The molecule has 26 heavy (non-hydrogen) atoms. The number of hydrogen-bond donors (Lipinski definition) is 1. The zero-order chi connectivity index (χ0) is 19.2. The van der Waals surface area contributed by atoms with Crippen LogP contribution in [-0.4, -0.2) is 24.5 Å². The number of halogens is 1. The van der Waals surface area contributed by atoms with E-state index in [1.807, 2.05) is 0 Å². The Morgan fingerprint density at radius 2 is 1.73 bits per heavy atom. The Balaban J connectivity index is 2.26. The molecule has 0 aliphatic carbocycles. The molecule has 0 aromatic heterocycles. The van der Waals surface area contributed by atoms with Crippen LogP contribution in [0.1, 0.15) is 29.8 Å². The molecular weight excluding hydrogens is 333 g/mol. The van der Waals surface area contributed by atoms with Crippen molar-refractivity contribution in [2.45, 2.75) is 19.4 Å². The lowest BCUT2D eigenvalue weighted by atomic mass is 9.85. The second kappa shape index (κ2) is 8.43. The fraction of sp³-hybridized carbons (Fsp3) is 0.238. The minimum Gasteiger partial charge on any atom is -0.467 e. The number of esters is 1. The number of carbonyl (C=O) groups excluding carboxylic acids is 2. The van der Waals surface area contributed by atoms with Crippen LogP contribution in [0.5, 0.6) is 0 Å². The summed E-state index contributed by atoms with van der Waals surface area (Å²) >= 11 is 0. The number of hydrogen-bond acceptors (Lipinski definition) is 3. The smallest absolute Gasteiger partial charge is 0.331 e. The number of ether oxygens (including phenoxy) is 1. The van der Waals surface area contributed by atoms with Gasteiger partial charge in [0.1, 0.15) is 11.4 Å². The molecule has 2 aromatic carbocycles. The maximum absolute atomic E-state index is 13.8. The first-order valence-corrected chi connectivity index (χ1v) is 8.27. The number of methoxy groups -OCH3 is 1. The van der Waals surface area contributed by atoms with Crippen LogP contribution < -0.4 is 5.32 Å². The minimum absolute atomic E-state index is 0.357. The highest BCUT2D eigenvalue weighted by atomic mass is 19.1. The maximum Gasteiger partial charge on any atom is 0.331 e. The highest BCUT2D eigenvalue weighted by Gasteiger charge is 2.40. The van der Waals surface area contributed by atoms with Crippen LogP contribution in [0.25, 0.3) is 6.08 Å². The molecule has 0 unspecified atom stereocenters. The van der Waals surface area contributed by atoms with Gasteiger partial charge in [-0.2, -0.15) is 0 Å². The molecule has 1 amide bonds. The molecule has 0 bridgehead atoms. The van der Waals surface area contributed by atoms with Gasteiger partial charge < -0.3 is 10.1 Å². The van der Waals surface area contributed by atoms with Gasteiger partial charge in [-0.1, -0.05) is 55.5 Å². The van der Waals surface area contributed by atoms with E-state index in [9.17, 15) is 14.0 Å². The van der Waals surface area contributed by atoms with Crippen molar-refractivity contribution in [3.63, 3.8) is 0 Å². The van der Waals surface area contributed by atoms with E-state index in [0.717, 1.165) is 0 Å². The van der Waals surface area contributed by atoms with Crippen molar-refractivity contribution in [1.29, 1.82) is 0 Å². The predicted molar refractivity (Wildman–Crippen MR) is 98.9 cm³/mol. The lowest BCUT2D eigenvalue weighted by Crippen LogP contribution is -2.56. The Morgan fingerprint density at radius 1 is 1.12 bits per heavy atom. The third kappa shape index (κ3) is 4.36. The van der Waals surface area contributed by atoms with Crippen LogP contribution in [0.4, 0.5) is 4.39 Å². The summed E-state index contributed by atoms with van der Waals surface area (Å²) in [6.45, 7) is 3.36. The number of nitrogens with one attached hydrogen (secondary N) is 1. The molecule has 0 aliphatic rings. The first kappa shape index (κ1) is 19.4. The van der Waals surface area contributed by atoms with Gasteiger partial charge >= 0.3 is 5.97 Å². The van der Waals surface area contributed by atoms with Gasteiger partial charge in [-0.25, -0.2) is 9.18 Å². The summed E-state index contributed by atoms with van der Waals surface area (Å²) in [5.41, 5.74) is -0.461. The van der Waals surface area contributed by atoms with Crippen molar-refractivity contribution in [2.24, 2.45) is 5.92 Å². The predicted octanol–water partition coefficient (Wildman–Crippen LogP) is 3.84. The quantitative estimate of drug-likeness (QED) is 0.801. The highest BCUT2D eigenvalue weighted by molar-refractivity contribution is 5.98. The average molecular weight is 355 g/mol. The van der Waals surface area contributed by atoms with E-state index in [4.69, 9.17) is 4.74 Å². The van der Waals surface area contributed by atoms with Crippen LogP contribution in [-0.2, 0) is 9.53 Å². The second-order valence-corrected chi connectivity index (χ2v) is 6.18. The Kier molecular flexibility index (Phi) is 6.28. The lowest BCUT2D eigenvalue weighted by Gasteiger charge is -2.32. The summed E-state index contributed by atoms with van der Waals surface area (Å²) < 4.78 is 18.7. The molecule has 0 fully saturated rings. The molecular formula is C21H22FNO3. The standard InChI is InChI=1S/C21H22FNO3/c1-15(13-14-16-9-7-8-12-18(16)22)21(2,20(25)26-3)23-19(24)17-10-5-4-6-11-17/h4-15H,1-3H3,(H,23,24)/b14-13+/t15-,21+/m0/s1. The van der Waals surface area contributed by atoms with Crippen molar-refractivity contribution in [3.05, 3.63) is 77.6 Å². The van der Waals surface area contributed by atoms with Crippen LogP contribution in [0.3, 0.4) is 0 Å². The average Bonchev–Trinajstić information content (AvgIpc) is 2.66. The highest BCUT2D eigenvalue weighted by Crippen LogP contribution is 2.23. The van der Waals surface area contributed by atoms with E-state index in [1.165, 1.54) is 13.2 Å². The van der Waals surface area contributed by atoms with E-state index in [1.54, 1.807) is 74.5 Å². The number of rotatable bonds is 6. The fourth-order valence-corrected chi connectivity index (χ4v) is 2.51. The zero-order valence-corrected chi connectivity index (χ0v) is 15.0. The van der Waals surface area contributed by atoms with Gasteiger partial charge in [-0.05, 0) is 25.1 Å². The topological polar surface area (TPSA) is 55.4 Å². The van der Waals surface area contributed by atoms with Gasteiger partial charge in [0.25, 0.3) is 5.91 Å². The third-order valence-corrected chi connectivity index (χ3v) is 4.40. The normalized spacial score (nSPS) is 14.5. The fourth-order valence-electron chi connectivity index (χ4n) is 2.51. The zero-order valence-electron chi connectivity index (χ0n) is 15.0. The molecule has 2 aromatic rings. The van der Waals surface area contributed by atoms with Gasteiger partial charge in [-0.3, -0.25) is 4.79 Å². The van der Waals surface area contributed by atoms with E-state index in [2.05, 4.69) is 5.32 Å². The Hall–Kier alpha value is -2.95. The number of benzene rings is 2. The molecule has 0 saturated heterocycles. The Morgan fingerprint density at radius 3 is 2.35 bits per heavy atom. The van der Waals surface area contributed by atoms with Crippen molar-refractivity contribution >= 4 is 18.0 Å². The molecule has 0 spiro atoms. The summed E-state index contributed by atoms with van der Waals surface area (Å²) in [5, 5.41) is 2.75. The monoisotopic (exact) mass is 355 g/mol. The van der Waals surface area contributed by atoms with E-state index in [0.29, 0.717) is 11.1 Å².